The number of phenolic OH excluding ortho intramolecular Hbond substituents is 1. The van der Waals surface area contributed by atoms with Crippen LogP contribution >= 0.6 is 0 Å². The first-order valence-corrected chi connectivity index (χ1v) is 6.12. The molecule has 0 aromatic heterocycles. The highest BCUT2D eigenvalue weighted by molar-refractivity contribution is 5.95. The van der Waals surface area contributed by atoms with Gasteiger partial charge in [-0.05, 0) is 31.2 Å². The van der Waals surface area contributed by atoms with Crippen LogP contribution < -0.4 is 4.74 Å². The van der Waals surface area contributed by atoms with Gasteiger partial charge in [0.05, 0.1) is 12.8 Å². The summed E-state index contributed by atoms with van der Waals surface area (Å²) in [6.45, 7) is 1.51. The summed E-state index contributed by atoms with van der Waals surface area (Å²) in [4.78, 5) is 15.5. The number of aromatic hydroxyl groups is 1. The summed E-state index contributed by atoms with van der Waals surface area (Å²) < 4.78 is 5.01. The SMILES string of the molecule is COc1ccc(C=Nc2cccc(C(C)=O)c2)c(O)c1. The second-order valence-electron chi connectivity index (χ2n) is 4.29. The third kappa shape index (κ3) is 3.23. The van der Waals surface area contributed by atoms with Crippen molar-refractivity contribution >= 4 is 17.7 Å². The second kappa shape index (κ2) is 6.02. The van der Waals surface area contributed by atoms with Gasteiger partial charge < -0.3 is 9.84 Å². The van der Waals surface area contributed by atoms with E-state index in [0.717, 1.165) is 0 Å². The molecule has 20 heavy (non-hydrogen) atoms. The molecular formula is C16H15NO3. The van der Waals surface area contributed by atoms with Crippen LogP contribution in [-0.2, 0) is 0 Å². The molecule has 0 atom stereocenters. The van der Waals surface area contributed by atoms with Gasteiger partial charge in [-0.2, -0.15) is 0 Å². The Hall–Kier alpha value is -2.62. The molecule has 102 valence electrons. The number of methoxy groups -OCH3 is 1. The van der Waals surface area contributed by atoms with Crippen molar-refractivity contribution in [3.63, 3.8) is 0 Å². The van der Waals surface area contributed by atoms with Crippen molar-refractivity contribution in [2.24, 2.45) is 4.99 Å². The number of Topliss-reactive ketones (excluding diaryl/α,β-unsaturated/α-hetero) is 1. The predicted molar refractivity (Wildman–Crippen MR) is 78.4 cm³/mol. The van der Waals surface area contributed by atoms with E-state index in [4.69, 9.17) is 4.74 Å². The van der Waals surface area contributed by atoms with Crippen molar-refractivity contribution in [2.75, 3.05) is 7.11 Å². The van der Waals surface area contributed by atoms with Crippen molar-refractivity contribution < 1.29 is 14.6 Å². The van der Waals surface area contributed by atoms with Crippen molar-refractivity contribution in [1.82, 2.24) is 0 Å². The number of carbonyl (C=O) groups excluding carboxylic acids is 1. The molecule has 0 spiro atoms. The second-order valence-corrected chi connectivity index (χ2v) is 4.29. The summed E-state index contributed by atoms with van der Waals surface area (Å²) in [6.07, 6.45) is 1.55. The molecule has 2 aromatic rings. The predicted octanol–water partition coefficient (Wildman–Crippen LogP) is 3.35. The molecule has 0 saturated carbocycles. The molecule has 4 nitrogen and oxygen atoms in total. The highest BCUT2D eigenvalue weighted by Crippen LogP contribution is 2.23. The van der Waals surface area contributed by atoms with Gasteiger partial charge in [0.2, 0.25) is 0 Å². The Labute approximate surface area is 117 Å². The summed E-state index contributed by atoms with van der Waals surface area (Å²) in [7, 11) is 1.54. The van der Waals surface area contributed by atoms with Crippen LogP contribution in [0, 0.1) is 0 Å². The van der Waals surface area contributed by atoms with Crippen LogP contribution in [0.15, 0.2) is 47.5 Å². The minimum atomic E-state index is -0.00524. The van der Waals surface area contributed by atoms with E-state index in [9.17, 15) is 9.90 Å². The van der Waals surface area contributed by atoms with Gasteiger partial charge >= 0.3 is 0 Å². The average Bonchev–Trinajstić information content (AvgIpc) is 2.46. The zero-order chi connectivity index (χ0) is 14.5. The molecule has 2 aromatic carbocycles. The Morgan fingerprint density at radius 3 is 2.70 bits per heavy atom. The van der Waals surface area contributed by atoms with E-state index < -0.39 is 0 Å². The fourth-order valence-corrected chi connectivity index (χ4v) is 1.71. The average molecular weight is 269 g/mol. The number of hydrogen-bond donors (Lipinski definition) is 1. The summed E-state index contributed by atoms with van der Waals surface area (Å²) in [5, 5.41) is 9.82. The minimum Gasteiger partial charge on any atom is -0.507 e. The molecule has 1 N–H and O–H groups in total. The summed E-state index contributed by atoms with van der Waals surface area (Å²) in [5.41, 5.74) is 1.85. The van der Waals surface area contributed by atoms with Crippen molar-refractivity contribution in [3.8, 4) is 11.5 Å². The fraction of sp³-hybridized carbons (Fsp3) is 0.125. The molecule has 4 heteroatoms. The monoisotopic (exact) mass is 269 g/mol. The number of carbonyl (C=O) groups is 1. The van der Waals surface area contributed by atoms with Gasteiger partial charge in [-0.1, -0.05) is 12.1 Å². The Morgan fingerprint density at radius 2 is 2.05 bits per heavy atom. The number of ether oxygens (including phenoxy) is 1. The molecule has 0 aliphatic heterocycles. The van der Waals surface area contributed by atoms with E-state index in [1.54, 1.807) is 42.6 Å². The third-order valence-electron chi connectivity index (χ3n) is 2.84. The first kappa shape index (κ1) is 13.8. The maximum absolute atomic E-state index is 11.3. The smallest absolute Gasteiger partial charge is 0.159 e. The third-order valence-corrected chi connectivity index (χ3v) is 2.84. The Kier molecular flexibility index (Phi) is 4.15. The molecule has 0 heterocycles. The number of ketones is 1. The molecule has 0 unspecified atom stereocenters. The van der Waals surface area contributed by atoms with Crippen molar-refractivity contribution in [2.45, 2.75) is 6.92 Å². The van der Waals surface area contributed by atoms with Gasteiger partial charge in [-0.15, -0.1) is 0 Å². The van der Waals surface area contributed by atoms with Crippen LogP contribution in [0.3, 0.4) is 0 Å². The molecule has 0 saturated heterocycles. The number of rotatable bonds is 4. The van der Waals surface area contributed by atoms with Crippen LogP contribution in [0.25, 0.3) is 0 Å². The largest absolute Gasteiger partial charge is 0.507 e. The Balaban J connectivity index is 2.25. The maximum atomic E-state index is 11.3. The fourth-order valence-electron chi connectivity index (χ4n) is 1.71. The van der Waals surface area contributed by atoms with Crippen LogP contribution in [0.2, 0.25) is 0 Å². The first-order valence-electron chi connectivity index (χ1n) is 6.12. The molecule has 2 rings (SSSR count). The van der Waals surface area contributed by atoms with Gasteiger partial charge in [-0.25, -0.2) is 0 Å². The van der Waals surface area contributed by atoms with Crippen LogP contribution in [0.5, 0.6) is 11.5 Å². The van der Waals surface area contributed by atoms with E-state index in [0.29, 0.717) is 22.6 Å². The Bertz CT molecular complexity index is 663. The van der Waals surface area contributed by atoms with Gasteiger partial charge in [-0.3, -0.25) is 9.79 Å². The number of benzene rings is 2. The van der Waals surface area contributed by atoms with Crippen molar-refractivity contribution in [1.29, 1.82) is 0 Å². The van der Waals surface area contributed by atoms with Gasteiger partial charge in [0, 0.05) is 23.4 Å². The molecule has 0 radical (unpaired) electrons. The van der Waals surface area contributed by atoms with Gasteiger partial charge in [0.15, 0.2) is 5.78 Å². The van der Waals surface area contributed by atoms with E-state index in [1.807, 2.05) is 0 Å². The highest BCUT2D eigenvalue weighted by Gasteiger charge is 2.02. The van der Waals surface area contributed by atoms with Crippen LogP contribution in [0.4, 0.5) is 5.69 Å². The molecule has 0 fully saturated rings. The standard InChI is InChI=1S/C16H15NO3/c1-11(18)12-4-3-5-14(8-12)17-10-13-6-7-15(20-2)9-16(13)19/h3-10,19H,1-2H3. The quantitative estimate of drug-likeness (QED) is 0.684. The van der Waals surface area contributed by atoms with E-state index >= 15 is 0 Å². The van der Waals surface area contributed by atoms with Gasteiger partial charge in [0.1, 0.15) is 11.5 Å². The molecule has 0 bridgehead atoms. The lowest BCUT2D eigenvalue weighted by atomic mass is 10.1. The highest BCUT2D eigenvalue weighted by atomic mass is 16.5. The van der Waals surface area contributed by atoms with Crippen LogP contribution in [0.1, 0.15) is 22.8 Å². The minimum absolute atomic E-state index is 0.00524. The normalized spacial score (nSPS) is 10.7. The summed E-state index contributed by atoms with van der Waals surface area (Å²) in [6, 6.07) is 12.0. The van der Waals surface area contributed by atoms with E-state index in [-0.39, 0.29) is 11.5 Å². The van der Waals surface area contributed by atoms with Crippen LogP contribution in [-0.4, -0.2) is 24.2 Å². The molecule has 0 aliphatic carbocycles. The molecular weight excluding hydrogens is 254 g/mol. The Morgan fingerprint density at radius 1 is 1.25 bits per heavy atom. The van der Waals surface area contributed by atoms with Gasteiger partial charge in [0.25, 0.3) is 0 Å². The number of nitrogens with zero attached hydrogens (tertiary/aromatic N) is 1. The first-order chi connectivity index (χ1) is 9.60. The summed E-state index contributed by atoms with van der Waals surface area (Å²) in [5.74, 6) is 0.670. The number of phenols is 1. The number of aliphatic imine (C=N–C) groups is 1. The lowest BCUT2D eigenvalue weighted by Crippen LogP contribution is -1.90. The lowest BCUT2D eigenvalue weighted by molar-refractivity contribution is 0.101. The zero-order valence-corrected chi connectivity index (χ0v) is 11.3. The topological polar surface area (TPSA) is 58.9 Å². The van der Waals surface area contributed by atoms with E-state index in [1.165, 1.54) is 20.1 Å². The lowest BCUT2D eigenvalue weighted by Gasteiger charge is -2.03. The zero-order valence-electron chi connectivity index (χ0n) is 11.3. The maximum Gasteiger partial charge on any atom is 0.159 e. The van der Waals surface area contributed by atoms with E-state index in [2.05, 4.69) is 4.99 Å². The summed E-state index contributed by atoms with van der Waals surface area (Å²) >= 11 is 0. The molecule has 0 aliphatic rings. The molecule has 0 amide bonds. The number of hydrogen-bond acceptors (Lipinski definition) is 4. The van der Waals surface area contributed by atoms with Crippen molar-refractivity contribution in [3.05, 3.63) is 53.6 Å².